The highest BCUT2D eigenvalue weighted by Crippen LogP contribution is 2.47. The lowest BCUT2D eigenvalue weighted by atomic mass is 10.4. The van der Waals surface area contributed by atoms with Gasteiger partial charge in [-0.2, -0.15) is 9.50 Å². The Morgan fingerprint density at radius 2 is 1.27 bits per heavy atom. The second-order valence-electron chi connectivity index (χ2n) is 5.92. The van der Waals surface area contributed by atoms with Crippen molar-refractivity contribution in [3.63, 3.8) is 0 Å². The van der Waals surface area contributed by atoms with Crippen LogP contribution in [0.2, 0.25) is 0 Å². The first-order valence-electron chi connectivity index (χ1n) is 8.23. The molecule has 14 nitrogen and oxygen atoms in total. The molecule has 0 fully saturated rings. The van der Waals surface area contributed by atoms with E-state index in [1.54, 1.807) is 38.0 Å². The van der Waals surface area contributed by atoms with Gasteiger partial charge in [-0.05, 0) is 0 Å². The minimum absolute atomic E-state index is 0.0359. The molecule has 0 bridgehead atoms. The van der Waals surface area contributed by atoms with Crippen molar-refractivity contribution in [2.24, 2.45) is 0 Å². The third-order valence-corrected chi connectivity index (χ3v) is 3.50. The quantitative estimate of drug-likeness (QED) is 0.500. The number of hydrogen-bond acceptors (Lipinski definition) is 13. The average Bonchev–Trinajstić information content (AvgIpc) is 2.99. The summed E-state index contributed by atoms with van der Waals surface area (Å²) in [5.41, 5.74) is 0.0359. The number of fused-ring (bicyclic) bond motifs is 1. The van der Waals surface area contributed by atoms with Crippen LogP contribution in [0.1, 0.15) is 0 Å². The molecule has 14 heteroatoms. The van der Waals surface area contributed by atoms with Crippen molar-refractivity contribution < 1.29 is 42.8 Å². The summed E-state index contributed by atoms with van der Waals surface area (Å²) < 4.78 is 30.0. The van der Waals surface area contributed by atoms with Gasteiger partial charge >= 0.3 is 18.5 Å². The molecule has 0 saturated heterocycles. The number of ether oxygens (including phenoxy) is 6. The summed E-state index contributed by atoms with van der Waals surface area (Å²) in [5.74, 6) is -0.812. The van der Waals surface area contributed by atoms with E-state index in [-0.39, 0.29) is 23.0 Å². The van der Waals surface area contributed by atoms with Crippen LogP contribution in [-0.4, -0.2) is 82.6 Å². The molecular weight excluding hydrogens is 406 g/mol. The van der Waals surface area contributed by atoms with E-state index in [0.717, 1.165) is 25.8 Å². The molecule has 2 rings (SSSR count). The third kappa shape index (κ3) is 4.37. The lowest BCUT2D eigenvalue weighted by Gasteiger charge is -2.17. The molecule has 0 radical (unpaired) electrons. The lowest BCUT2D eigenvalue weighted by Crippen LogP contribution is -2.20. The van der Waals surface area contributed by atoms with Gasteiger partial charge in [0.15, 0.2) is 11.3 Å². The lowest BCUT2D eigenvalue weighted by molar-refractivity contribution is 0.105. The van der Waals surface area contributed by atoms with Crippen LogP contribution in [0.3, 0.4) is 0 Å². The molecule has 2 heterocycles. The van der Waals surface area contributed by atoms with E-state index in [9.17, 15) is 14.4 Å². The largest absolute Gasteiger partial charge is 0.515 e. The van der Waals surface area contributed by atoms with Crippen LogP contribution in [0.25, 0.3) is 5.52 Å². The Hall–Kier alpha value is -3.97. The smallest absolute Gasteiger partial charge is 0.437 e. The number of carbonyl (C=O) groups is 3. The number of rotatable bonds is 5. The number of anilines is 2. The predicted octanol–water partition coefficient (Wildman–Crippen LogP) is 1.30. The summed E-state index contributed by atoms with van der Waals surface area (Å²) in [6.45, 7) is 0. The van der Waals surface area contributed by atoms with Crippen LogP contribution < -0.4 is 24.0 Å². The molecule has 30 heavy (non-hydrogen) atoms. The maximum Gasteiger partial charge on any atom is 0.515 e. The normalized spacial score (nSPS) is 10.2. The van der Waals surface area contributed by atoms with Crippen LogP contribution in [0.5, 0.6) is 17.4 Å². The summed E-state index contributed by atoms with van der Waals surface area (Å²) in [5, 5.41) is 4.26. The number of carbonyl (C=O) groups excluding carboxylic acids is 3. The van der Waals surface area contributed by atoms with Gasteiger partial charge in [-0.25, -0.2) is 14.4 Å². The fraction of sp³-hybridized carbons (Fsp3) is 0.438. The molecule has 2 aromatic heterocycles. The second-order valence-corrected chi connectivity index (χ2v) is 5.92. The standard InChI is InChI=1S/C16H21N5O9/c1-19(2)11-8-9(28-14(22)25-5)10(29-15(23)26-6)12(30-16(24)27-7)21(8)18-13(17-11)20(3)4/h1-7H3. The van der Waals surface area contributed by atoms with Crippen LogP contribution >= 0.6 is 0 Å². The van der Waals surface area contributed by atoms with Gasteiger partial charge in [0.1, 0.15) is 0 Å². The number of nitrogens with zero attached hydrogens (tertiary/aromatic N) is 5. The van der Waals surface area contributed by atoms with Gasteiger partial charge in [0.25, 0.3) is 5.88 Å². The van der Waals surface area contributed by atoms with Crippen LogP contribution in [0.15, 0.2) is 0 Å². The third-order valence-electron chi connectivity index (χ3n) is 3.50. The summed E-state index contributed by atoms with van der Waals surface area (Å²) >= 11 is 0. The van der Waals surface area contributed by atoms with Crippen molar-refractivity contribution in [3.8, 4) is 17.4 Å². The zero-order chi connectivity index (χ0) is 22.6. The predicted molar refractivity (Wildman–Crippen MR) is 101 cm³/mol. The summed E-state index contributed by atoms with van der Waals surface area (Å²) in [4.78, 5) is 43.1. The molecule has 2 aromatic rings. The number of aromatic nitrogens is 3. The highest BCUT2D eigenvalue weighted by atomic mass is 16.8. The van der Waals surface area contributed by atoms with Gasteiger partial charge < -0.3 is 38.2 Å². The Morgan fingerprint density at radius 1 is 0.767 bits per heavy atom. The fourth-order valence-electron chi connectivity index (χ4n) is 2.20. The first-order chi connectivity index (χ1) is 14.1. The zero-order valence-corrected chi connectivity index (χ0v) is 17.4. The topological polar surface area (TPSA) is 143 Å². The Morgan fingerprint density at radius 3 is 1.73 bits per heavy atom. The first kappa shape index (κ1) is 22.3. The van der Waals surface area contributed by atoms with Gasteiger partial charge in [0.05, 0.1) is 21.3 Å². The van der Waals surface area contributed by atoms with Crippen molar-refractivity contribution in [3.05, 3.63) is 0 Å². The fourth-order valence-corrected chi connectivity index (χ4v) is 2.20. The van der Waals surface area contributed by atoms with Crippen LogP contribution in [0.4, 0.5) is 26.1 Å². The van der Waals surface area contributed by atoms with Crippen molar-refractivity contribution in [2.45, 2.75) is 0 Å². The van der Waals surface area contributed by atoms with Crippen LogP contribution in [-0.2, 0) is 14.2 Å². The maximum atomic E-state index is 11.9. The van der Waals surface area contributed by atoms with E-state index in [4.69, 9.17) is 14.2 Å². The summed E-state index contributed by atoms with van der Waals surface area (Å²) in [7, 11) is 9.92. The van der Waals surface area contributed by atoms with Crippen LogP contribution in [0, 0.1) is 0 Å². The molecule has 0 atom stereocenters. The second kappa shape index (κ2) is 9.02. The van der Waals surface area contributed by atoms with E-state index in [2.05, 4.69) is 24.3 Å². The Bertz CT molecular complexity index is 970. The molecule has 164 valence electrons. The van der Waals surface area contributed by atoms with Crippen molar-refractivity contribution in [2.75, 3.05) is 59.3 Å². The Balaban J connectivity index is 2.97. The van der Waals surface area contributed by atoms with E-state index in [1.165, 1.54) is 0 Å². The van der Waals surface area contributed by atoms with Gasteiger partial charge in [0, 0.05) is 28.2 Å². The molecule has 0 spiro atoms. The van der Waals surface area contributed by atoms with E-state index >= 15 is 0 Å². The monoisotopic (exact) mass is 427 g/mol. The van der Waals surface area contributed by atoms with E-state index < -0.39 is 30.1 Å². The van der Waals surface area contributed by atoms with Gasteiger partial charge in [-0.15, -0.1) is 5.10 Å². The molecule has 0 aliphatic rings. The van der Waals surface area contributed by atoms with Crippen molar-refractivity contribution in [1.82, 2.24) is 14.6 Å². The van der Waals surface area contributed by atoms with Gasteiger partial charge in [-0.3, -0.25) is 0 Å². The number of hydrogen-bond donors (Lipinski definition) is 0. The summed E-state index contributed by atoms with van der Waals surface area (Å²) in [6.07, 6.45) is -3.46. The highest BCUT2D eigenvalue weighted by molar-refractivity contribution is 5.88. The molecule has 0 aliphatic heterocycles. The minimum atomic E-state index is -1.18. The molecule has 0 amide bonds. The van der Waals surface area contributed by atoms with Crippen molar-refractivity contribution >= 4 is 35.7 Å². The SMILES string of the molecule is COC(=O)Oc1c(OC(=O)OC)c2c(N(C)C)nc(N(C)C)nn2c1OC(=O)OC. The molecule has 0 aliphatic carbocycles. The Labute approximate surface area is 170 Å². The van der Waals surface area contributed by atoms with Gasteiger partial charge in [0.2, 0.25) is 17.4 Å². The molecule has 0 N–H and O–H groups in total. The molecule has 0 saturated carbocycles. The van der Waals surface area contributed by atoms with Gasteiger partial charge in [-0.1, -0.05) is 0 Å². The van der Waals surface area contributed by atoms with Crippen molar-refractivity contribution in [1.29, 1.82) is 0 Å². The zero-order valence-electron chi connectivity index (χ0n) is 17.4. The molecule has 0 aromatic carbocycles. The summed E-state index contributed by atoms with van der Waals surface area (Å²) in [6, 6.07) is 0. The Kier molecular flexibility index (Phi) is 6.71. The minimum Gasteiger partial charge on any atom is -0.437 e. The first-order valence-corrected chi connectivity index (χ1v) is 8.23. The highest BCUT2D eigenvalue weighted by Gasteiger charge is 2.33. The van der Waals surface area contributed by atoms with E-state index in [0.29, 0.717) is 0 Å². The van der Waals surface area contributed by atoms with E-state index in [1.807, 2.05) is 0 Å². The number of methoxy groups -OCH3 is 3. The molecular formula is C16H21N5O9. The molecule has 0 unspecified atom stereocenters. The maximum absolute atomic E-state index is 11.9. The average molecular weight is 427 g/mol.